The zero-order valence-electron chi connectivity index (χ0n) is 8.24. The number of hydrogen-bond donors (Lipinski definition) is 1. The van der Waals surface area contributed by atoms with Crippen molar-refractivity contribution in [1.29, 1.82) is 0 Å². The van der Waals surface area contributed by atoms with Crippen molar-refractivity contribution in [1.82, 2.24) is 5.32 Å². The number of unbranched alkanes of at least 4 members (excludes halogenated alkanes) is 4. The Bertz CT molecular complexity index is 66.2. The van der Waals surface area contributed by atoms with Crippen LogP contribution < -0.4 is 5.32 Å². The highest BCUT2D eigenvalue weighted by Gasteiger charge is 1.88. The molecule has 0 spiro atoms. The Morgan fingerprint density at radius 1 is 0.917 bits per heavy atom. The molecule has 0 aromatic heterocycles. The van der Waals surface area contributed by atoms with Crippen LogP contribution in [-0.4, -0.2) is 17.5 Å². The van der Waals surface area contributed by atoms with Crippen LogP contribution in [0.2, 0.25) is 0 Å². The van der Waals surface area contributed by atoms with Crippen molar-refractivity contribution in [3.8, 4) is 0 Å². The van der Waals surface area contributed by atoms with Gasteiger partial charge in [-0.25, -0.2) is 0 Å². The van der Waals surface area contributed by atoms with Gasteiger partial charge in [0, 0.05) is 0 Å². The normalized spacial score (nSPS) is 10.5. The predicted octanol–water partition coefficient (Wildman–Crippen LogP) is 3.37. The quantitative estimate of drug-likeness (QED) is 0.388. The van der Waals surface area contributed by atoms with Crippen molar-refractivity contribution in [2.75, 3.05) is 17.5 Å². The van der Waals surface area contributed by atoms with Gasteiger partial charge in [-0.05, 0) is 36.8 Å². The molecule has 0 unspecified atom stereocenters. The zero-order valence-corrected chi connectivity index (χ0v) is 10.4. The van der Waals surface area contributed by atoms with E-state index >= 15 is 0 Å². The maximum atomic E-state index is 3.48. The molecule has 0 rings (SSSR count). The molecule has 0 aromatic rings. The second-order valence-corrected chi connectivity index (χ2v) is 4.29. The van der Waals surface area contributed by atoms with Gasteiger partial charge in [-0.2, -0.15) is 0 Å². The Kier molecular flexibility index (Phi) is 12.4. The Morgan fingerprint density at radius 3 is 2.17 bits per heavy atom. The molecule has 1 nitrogen and oxygen atoms in total. The molecule has 0 aromatic carbocycles. The van der Waals surface area contributed by atoms with Gasteiger partial charge in [0.05, 0.1) is 0 Å². The highest BCUT2D eigenvalue weighted by atomic mass is 127. The molecule has 0 atom stereocenters. The monoisotopic (exact) mass is 283 g/mol. The van der Waals surface area contributed by atoms with Crippen molar-refractivity contribution < 1.29 is 0 Å². The molecule has 12 heavy (non-hydrogen) atoms. The lowest BCUT2D eigenvalue weighted by atomic mass is 10.2. The number of halogens is 1. The van der Waals surface area contributed by atoms with E-state index in [0.29, 0.717) is 0 Å². The minimum Gasteiger partial charge on any atom is -0.317 e. The maximum absolute atomic E-state index is 3.48. The van der Waals surface area contributed by atoms with Gasteiger partial charge in [-0.1, -0.05) is 48.8 Å². The average Bonchev–Trinajstić information content (AvgIpc) is 2.10. The van der Waals surface area contributed by atoms with E-state index in [2.05, 4.69) is 34.8 Å². The third-order valence-corrected chi connectivity index (χ3v) is 2.71. The molecular formula is C10H22IN. The molecule has 0 radical (unpaired) electrons. The fraction of sp³-hybridized carbons (Fsp3) is 1.00. The second kappa shape index (κ2) is 11.7. The van der Waals surface area contributed by atoms with E-state index in [4.69, 9.17) is 0 Å². The molecule has 0 bridgehead atoms. The molecule has 0 saturated carbocycles. The lowest BCUT2D eigenvalue weighted by molar-refractivity contribution is 0.584. The fourth-order valence-corrected chi connectivity index (χ4v) is 1.69. The lowest BCUT2D eigenvalue weighted by Crippen LogP contribution is -2.16. The summed E-state index contributed by atoms with van der Waals surface area (Å²) in [4.78, 5) is 0. The van der Waals surface area contributed by atoms with Crippen molar-refractivity contribution in [2.24, 2.45) is 0 Å². The summed E-state index contributed by atoms with van der Waals surface area (Å²) < 4.78 is 1.30. The summed E-state index contributed by atoms with van der Waals surface area (Å²) in [7, 11) is 0. The van der Waals surface area contributed by atoms with Gasteiger partial charge in [-0.3, -0.25) is 0 Å². The van der Waals surface area contributed by atoms with Crippen molar-refractivity contribution in [2.45, 2.75) is 45.4 Å². The van der Waals surface area contributed by atoms with E-state index in [9.17, 15) is 0 Å². The van der Waals surface area contributed by atoms with Gasteiger partial charge >= 0.3 is 0 Å². The topological polar surface area (TPSA) is 12.0 Å². The zero-order chi connectivity index (χ0) is 9.07. The van der Waals surface area contributed by atoms with Crippen LogP contribution in [0.5, 0.6) is 0 Å². The second-order valence-electron chi connectivity index (χ2n) is 3.21. The fourth-order valence-electron chi connectivity index (χ4n) is 1.15. The summed E-state index contributed by atoms with van der Waals surface area (Å²) in [6.45, 7) is 4.70. The Hall–Kier alpha value is 0.690. The van der Waals surface area contributed by atoms with Crippen LogP contribution >= 0.6 is 22.6 Å². The highest BCUT2D eigenvalue weighted by molar-refractivity contribution is 14.1. The summed E-state index contributed by atoms with van der Waals surface area (Å²) in [6, 6.07) is 0. The molecule has 74 valence electrons. The van der Waals surface area contributed by atoms with E-state index in [1.807, 2.05) is 0 Å². The Morgan fingerprint density at radius 2 is 1.58 bits per heavy atom. The molecule has 0 aliphatic heterocycles. The minimum absolute atomic E-state index is 1.22. The first kappa shape index (κ1) is 12.7. The van der Waals surface area contributed by atoms with E-state index in [1.165, 1.54) is 56.0 Å². The summed E-state index contributed by atoms with van der Waals surface area (Å²) in [5, 5.41) is 3.48. The van der Waals surface area contributed by atoms with Gasteiger partial charge in [0.1, 0.15) is 0 Å². The van der Waals surface area contributed by atoms with E-state index in [1.54, 1.807) is 0 Å². The molecule has 0 saturated heterocycles. The van der Waals surface area contributed by atoms with Crippen LogP contribution in [0.4, 0.5) is 0 Å². The van der Waals surface area contributed by atoms with Gasteiger partial charge in [-0.15, -0.1) is 0 Å². The van der Waals surface area contributed by atoms with Crippen LogP contribution in [0.15, 0.2) is 0 Å². The summed E-state index contributed by atoms with van der Waals surface area (Å²) in [5.74, 6) is 0. The van der Waals surface area contributed by atoms with Gasteiger partial charge < -0.3 is 5.32 Å². The third-order valence-electron chi connectivity index (χ3n) is 1.94. The Labute approximate surface area is 90.8 Å². The van der Waals surface area contributed by atoms with E-state index in [-0.39, 0.29) is 0 Å². The van der Waals surface area contributed by atoms with E-state index < -0.39 is 0 Å². The number of hydrogen-bond acceptors (Lipinski definition) is 1. The SMILES string of the molecule is CCCCCCNCCCCI. The van der Waals surface area contributed by atoms with Gasteiger partial charge in [0.25, 0.3) is 0 Å². The maximum Gasteiger partial charge on any atom is -0.000426 e. The largest absolute Gasteiger partial charge is 0.317 e. The van der Waals surface area contributed by atoms with Crippen molar-refractivity contribution in [3.05, 3.63) is 0 Å². The molecule has 2 heteroatoms. The molecule has 0 fully saturated rings. The first-order valence-corrected chi connectivity index (χ1v) is 6.71. The molecule has 0 heterocycles. The van der Waals surface area contributed by atoms with Crippen LogP contribution in [0.3, 0.4) is 0 Å². The Balaban J connectivity index is 2.73. The highest BCUT2D eigenvalue weighted by Crippen LogP contribution is 1.97. The van der Waals surface area contributed by atoms with E-state index in [0.717, 1.165) is 0 Å². The van der Waals surface area contributed by atoms with Gasteiger partial charge in [0.15, 0.2) is 0 Å². The summed E-state index contributed by atoms with van der Waals surface area (Å²) >= 11 is 2.44. The smallest absolute Gasteiger partial charge is 0.000426 e. The summed E-state index contributed by atoms with van der Waals surface area (Å²) in [6.07, 6.45) is 8.21. The molecule has 1 N–H and O–H groups in total. The first-order valence-electron chi connectivity index (χ1n) is 5.18. The molecule has 0 amide bonds. The molecule has 0 aliphatic carbocycles. The number of alkyl halides is 1. The average molecular weight is 283 g/mol. The van der Waals surface area contributed by atoms with Crippen LogP contribution in [0, 0.1) is 0 Å². The predicted molar refractivity (Wildman–Crippen MR) is 65.1 cm³/mol. The summed E-state index contributed by atoms with van der Waals surface area (Å²) in [5.41, 5.74) is 0. The van der Waals surface area contributed by atoms with Crippen molar-refractivity contribution >= 4 is 22.6 Å². The van der Waals surface area contributed by atoms with Crippen LogP contribution in [0.25, 0.3) is 0 Å². The van der Waals surface area contributed by atoms with Crippen LogP contribution in [0.1, 0.15) is 45.4 Å². The number of rotatable bonds is 9. The van der Waals surface area contributed by atoms with Crippen molar-refractivity contribution in [3.63, 3.8) is 0 Å². The standard InChI is InChI=1S/C10H22IN/c1-2-3-4-6-9-12-10-7-5-8-11/h12H,2-10H2,1H3. The third kappa shape index (κ3) is 10.7. The minimum atomic E-state index is 1.22. The van der Waals surface area contributed by atoms with Crippen LogP contribution in [-0.2, 0) is 0 Å². The number of nitrogens with one attached hydrogen (secondary N) is 1. The lowest BCUT2D eigenvalue weighted by Gasteiger charge is -2.02. The van der Waals surface area contributed by atoms with Gasteiger partial charge in [0.2, 0.25) is 0 Å². The first-order chi connectivity index (χ1) is 5.91. The molecular weight excluding hydrogens is 261 g/mol. The molecule has 0 aliphatic rings.